The molecule has 1 atom stereocenters. The molecule has 0 N–H and O–H groups in total. The van der Waals surface area contributed by atoms with Crippen LogP contribution in [0.15, 0.2) is 0 Å². The number of rotatable bonds is 5. The predicted molar refractivity (Wildman–Crippen MR) is 63.3 cm³/mol. The Labute approximate surface area is 110 Å². The molecule has 0 bridgehead atoms. The topological polar surface area (TPSA) is 40.6 Å². The Hall–Kier alpha value is -1.27. The lowest BCUT2D eigenvalue weighted by molar-refractivity contribution is -0.165. The summed E-state index contributed by atoms with van der Waals surface area (Å²) >= 11 is 0. The van der Waals surface area contributed by atoms with Crippen LogP contribution in [-0.4, -0.2) is 53.5 Å². The molecule has 1 rings (SSSR count). The van der Waals surface area contributed by atoms with Crippen molar-refractivity contribution in [3.63, 3.8) is 0 Å². The van der Waals surface area contributed by atoms with Crippen LogP contribution in [0.4, 0.5) is 13.2 Å². The van der Waals surface area contributed by atoms with Gasteiger partial charge in [-0.2, -0.15) is 13.2 Å². The molecule has 2 amide bonds. The van der Waals surface area contributed by atoms with Gasteiger partial charge in [-0.1, -0.05) is 6.92 Å². The Morgan fingerprint density at radius 1 is 1.42 bits per heavy atom. The summed E-state index contributed by atoms with van der Waals surface area (Å²) in [6, 6.07) is -0.766. The van der Waals surface area contributed by atoms with Gasteiger partial charge in [-0.3, -0.25) is 9.59 Å². The van der Waals surface area contributed by atoms with Crippen LogP contribution in [0.25, 0.3) is 0 Å². The normalized spacial score (nSPS) is 17.7. The number of halogens is 3. The number of carbonyl (C=O) groups is 2. The largest absolute Gasteiger partial charge is 0.406 e. The molecular formula is C12H19F3N2O2. The average molecular weight is 280 g/mol. The van der Waals surface area contributed by atoms with Crippen LogP contribution < -0.4 is 0 Å². The average Bonchev–Trinajstić information content (AvgIpc) is 2.72. The Morgan fingerprint density at radius 2 is 2.05 bits per heavy atom. The smallest absolute Gasteiger partial charge is 0.332 e. The van der Waals surface area contributed by atoms with Crippen molar-refractivity contribution in [2.24, 2.45) is 0 Å². The van der Waals surface area contributed by atoms with E-state index in [4.69, 9.17) is 0 Å². The molecule has 19 heavy (non-hydrogen) atoms. The van der Waals surface area contributed by atoms with E-state index in [9.17, 15) is 22.8 Å². The van der Waals surface area contributed by atoms with E-state index in [2.05, 4.69) is 0 Å². The number of carbonyl (C=O) groups excluding carboxylic acids is 2. The predicted octanol–water partition coefficient (Wildman–Crippen LogP) is 1.80. The summed E-state index contributed by atoms with van der Waals surface area (Å²) in [4.78, 5) is 25.9. The number of likely N-dealkylation sites (N-methyl/N-ethyl adjacent to an activating group) is 1. The fraction of sp³-hybridized carbons (Fsp3) is 0.833. The Kier molecular flexibility index (Phi) is 5.20. The van der Waals surface area contributed by atoms with Gasteiger partial charge in [0, 0.05) is 19.5 Å². The van der Waals surface area contributed by atoms with Crippen molar-refractivity contribution in [2.45, 2.75) is 45.3 Å². The monoisotopic (exact) mass is 280 g/mol. The zero-order chi connectivity index (χ0) is 14.6. The van der Waals surface area contributed by atoms with Gasteiger partial charge in [-0.25, -0.2) is 0 Å². The first-order valence-corrected chi connectivity index (χ1v) is 6.45. The number of alkyl halides is 3. The minimum absolute atomic E-state index is 0.0170. The van der Waals surface area contributed by atoms with E-state index < -0.39 is 24.7 Å². The first-order valence-electron chi connectivity index (χ1n) is 6.45. The lowest BCUT2D eigenvalue weighted by atomic mass is 10.1. The summed E-state index contributed by atoms with van der Waals surface area (Å²) in [6.45, 7) is 2.38. The Bertz CT molecular complexity index is 344. The second kappa shape index (κ2) is 6.25. The molecular weight excluding hydrogens is 261 g/mol. The minimum atomic E-state index is -4.42. The zero-order valence-electron chi connectivity index (χ0n) is 11.2. The first kappa shape index (κ1) is 15.8. The Balaban J connectivity index is 2.78. The molecule has 1 heterocycles. The van der Waals surface area contributed by atoms with Crippen LogP contribution in [0.5, 0.6) is 0 Å². The van der Waals surface area contributed by atoms with Crippen LogP contribution in [-0.2, 0) is 9.59 Å². The molecule has 0 spiro atoms. The molecule has 0 aromatic heterocycles. The van der Waals surface area contributed by atoms with Gasteiger partial charge in [0.1, 0.15) is 12.6 Å². The van der Waals surface area contributed by atoms with Gasteiger partial charge in [-0.05, 0) is 19.8 Å². The molecule has 0 radical (unpaired) electrons. The molecule has 1 fully saturated rings. The molecule has 4 nitrogen and oxygen atoms in total. The molecule has 0 unspecified atom stereocenters. The molecule has 1 saturated heterocycles. The van der Waals surface area contributed by atoms with Crippen molar-refractivity contribution in [2.75, 3.05) is 19.6 Å². The third-order valence-corrected chi connectivity index (χ3v) is 3.22. The van der Waals surface area contributed by atoms with Gasteiger partial charge >= 0.3 is 6.18 Å². The highest BCUT2D eigenvalue weighted by atomic mass is 19.4. The van der Waals surface area contributed by atoms with E-state index in [-0.39, 0.29) is 12.5 Å². The number of amides is 2. The summed E-state index contributed by atoms with van der Waals surface area (Å²) < 4.78 is 37.2. The summed E-state index contributed by atoms with van der Waals surface area (Å²) in [5, 5.41) is 0. The van der Waals surface area contributed by atoms with Gasteiger partial charge in [0.2, 0.25) is 11.8 Å². The van der Waals surface area contributed by atoms with Crippen LogP contribution in [0, 0.1) is 0 Å². The summed E-state index contributed by atoms with van der Waals surface area (Å²) in [6.07, 6.45) is -3.05. The van der Waals surface area contributed by atoms with Crippen molar-refractivity contribution >= 4 is 11.8 Å². The maximum Gasteiger partial charge on any atom is 0.406 e. The quantitative estimate of drug-likeness (QED) is 0.770. The molecule has 0 aromatic carbocycles. The van der Waals surface area contributed by atoms with Gasteiger partial charge in [0.05, 0.1) is 0 Å². The lowest BCUT2D eigenvalue weighted by Gasteiger charge is -2.31. The molecule has 0 aromatic rings. The van der Waals surface area contributed by atoms with Crippen molar-refractivity contribution < 1.29 is 22.8 Å². The molecule has 0 saturated carbocycles. The molecule has 7 heteroatoms. The first-order chi connectivity index (χ1) is 8.80. The third-order valence-electron chi connectivity index (χ3n) is 3.22. The molecule has 110 valence electrons. The van der Waals surface area contributed by atoms with E-state index in [0.717, 1.165) is 4.90 Å². The van der Waals surface area contributed by atoms with E-state index in [1.54, 1.807) is 6.92 Å². The van der Waals surface area contributed by atoms with Crippen LogP contribution >= 0.6 is 0 Å². The van der Waals surface area contributed by atoms with Gasteiger partial charge < -0.3 is 9.80 Å². The van der Waals surface area contributed by atoms with E-state index in [1.165, 1.54) is 11.8 Å². The van der Waals surface area contributed by atoms with E-state index in [0.29, 0.717) is 25.8 Å². The number of likely N-dealkylation sites (tertiary alicyclic amines) is 1. The molecule has 1 aliphatic heterocycles. The third kappa shape index (κ3) is 4.11. The summed E-state index contributed by atoms with van der Waals surface area (Å²) in [7, 11) is 0. The van der Waals surface area contributed by atoms with Gasteiger partial charge in [-0.15, -0.1) is 0 Å². The van der Waals surface area contributed by atoms with Gasteiger partial charge in [0.15, 0.2) is 0 Å². The Morgan fingerprint density at radius 3 is 2.42 bits per heavy atom. The SMILES string of the molecule is CC[C@H](C(=O)N(CC)CC(F)(F)F)N1CCCC1=O. The fourth-order valence-corrected chi connectivity index (χ4v) is 2.30. The van der Waals surface area contributed by atoms with E-state index in [1.807, 2.05) is 0 Å². The number of hydrogen-bond acceptors (Lipinski definition) is 2. The number of hydrogen-bond donors (Lipinski definition) is 0. The fourth-order valence-electron chi connectivity index (χ4n) is 2.30. The van der Waals surface area contributed by atoms with Crippen molar-refractivity contribution in [3.05, 3.63) is 0 Å². The molecule has 0 aliphatic carbocycles. The zero-order valence-corrected chi connectivity index (χ0v) is 11.2. The number of nitrogens with zero attached hydrogens (tertiary/aromatic N) is 2. The minimum Gasteiger partial charge on any atom is -0.332 e. The lowest BCUT2D eigenvalue weighted by Crippen LogP contribution is -2.51. The van der Waals surface area contributed by atoms with E-state index >= 15 is 0 Å². The summed E-state index contributed by atoms with van der Waals surface area (Å²) in [5.41, 5.74) is 0. The van der Waals surface area contributed by atoms with Crippen molar-refractivity contribution in [3.8, 4) is 0 Å². The summed E-state index contributed by atoms with van der Waals surface area (Å²) in [5.74, 6) is -0.763. The standard InChI is InChI=1S/C12H19F3N2O2/c1-3-9(17-7-5-6-10(17)18)11(19)16(4-2)8-12(13,14)15/h9H,3-8H2,1-2H3/t9-/m1/s1. The second-order valence-electron chi connectivity index (χ2n) is 4.58. The highest BCUT2D eigenvalue weighted by Gasteiger charge is 2.38. The maximum atomic E-state index is 12.4. The van der Waals surface area contributed by atoms with Gasteiger partial charge in [0.25, 0.3) is 0 Å². The van der Waals surface area contributed by atoms with Crippen molar-refractivity contribution in [1.29, 1.82) is 0 Å². The second-order valence-corrected chi connectivity index (χ2v) is 4.58. The molecule has 1 aliphatic rings. The maximum absolute atomic E-state index is 12.4. The van der Waals surface area contributed by atoms with Crippen LogP contribution in [0.2, 0.25) is 0 Å². The van der Waals surface area contributed by atoms with Crippen molar-refractivity contribution in [1.82, 2.24) is 9.80 Å². The highest BCUT2D eigenvalue weighted by Crippen LogP contribution is 2.21. The highest BCUT2D eigenvalue weighted by molar-refractivity contribution is 5.88. The van der Waals surface area contributed by atoms with Crippen LogP contribution in [0.3, 0.4) is 0 Å². The van der Waals surface area contributed by atoms with Crippen LogP contribution in [0.1, 0.15) is 33.1 Å².